The Bertz CT molecular complexity index is 438. The molecule has 0 aromatic heterocycles. The Kier molecular flexibility index (Phi) is 4.98. The average molecular weight is 329 g/mol. The average Bonchev–Trinajstić information content (AvgIpc) is 2.41. The number of nitrogens with zero attached hydrogens (tertiary/aromatic N) is 1. The molecular formula is C15H22BrFN2. The summed E-state index contributed by atoms with van der Waals surface area (Å²) in [7, 11) is 0. The van der Waals surface area contributed by atoms with Gasteiger partial charge in [0.1, 0.15) is 5.82 Å². The lowest BCUT2D eigenvalue weighted by molar-refractivity contribution is 0.114. The highest BCUT2D eigenvalue weighted by Crippen LogP contribution is 2.29. The lowest BCUT2D eigenvalue weighted by atomic mass is 9.89. The molecule has 1 aliphatic heterocycles. The normalized spacial score (nSPS) is 26.4. The predicted molar refractivity (Wildman–Crippen MR) is 80.5 cm³/mol. The van der Waals surface area contributed by atoms with E-state index in [2.05, 4.69) is 34.7 Å². The number of nitrogens with two attached hydrogens (primary N) is 1. The first-order chi connectivity index (χ1) is 9.02. The van der Waals surface area contributed by atoms with E-state index in [1.807, 2.05) is 12.1 Å². The Hall–Kier alpha value is -0.450. The van der Waals surface area contributed by atoms with Gasteiger partial charge in [-0.1, -0.05) is 19.4 Å². The zero-order valence-electron chi connectivity index (χ0n) is 11.6. The first kappa shape index (κ1) is 14.9. The van der Waals surface area contributed by atoms with Gasteiger partial charge in [-0.05, 0) is 52.9 Å². The minimum atomic E-state index is -0.206. The van der Waals surface area contributed by atoms with Gasteiger partial charge in [-0.25, -0.2) is 4.39 Å². The zero-order chi connectivity index (χ0) is 14.0. The molecule has 1 saturated heterocycles. The van der Waals surface area contributed by atoms with E-state index in [1.165, 1.54) is 6.07 Å². The number of piperidine rings is 1. The molecule has 0 bridgehead atoms. The summed E-state index contributed by atoms with van der Waals surface area (Å²) in [6.45, 7) is 6.44. The van der Waals surface area contributed by atoms with Gasteiger partial charge in [-0.3, -0.25) is 4.90 Å². The van der Waals surface area contributed by atoms with Gasteiger partial charge < -0.3 is 5.73 Å². The molecule has 4 heteroatoms. The maximum Gasteiger partial charge on any atom is 0.137 e. The Labute approximate surface area is 123 Å². The fraction of sp³-hybridized carbons (Fsp3) is 0.600. The Balaban J connectivity index is 2.10. The molecule has 0 saturated carbocycles. The summed E-state index contributed by atoms with van der Waals surface area (Å²) in [6, 6.07) is 5.92. The lowest BCUT2D eigenvalue weighted by Crippen LogP contribution is -2.47. The van der Waals surface area contributed by atoms with E-state index in [9.17, 15) is 4.39 Å². The van der Waals surface area contributed by atoms with Crippen molar-refractivity contribution in [3.8, 4) is 0 Å². The number of hydrogen-bond donors (Lipinski definition) is 1. The van der Waals surface area contributed by atoms with Gasteiger partial charge in [0.15, 0.2) is 0 Å². The standard InChI is InChI=1S/C15H22BrFN2/c1-3-11-9-19(7-6-15(11)18)10(2)12-4-5-14(17)13(16)8-12/h4-5,8,10-11,15H,3,6-7,9,18H2,1-2H3. The van der Waals surface area contributed by atoms with Gasteiger partial charge in [-0.15, -0.1) is 0 Å². The predicted octanol–water partition coefficient (Wildman–Crippen LogP) is 3.71. The number of hydrogen-bond acceptors (Lipinski definition) is 2. The molecule has 0 amide bonds. The number of halogens is 2. The van der Waals surface area contributed by atoms with Crippen LogP contribution in [0.5, 0.6) is 0 Å². The molecule has 1 aromatic carbocycles. The molecule has 1 aliphatic rings. The van der Waals surface area contributed by atoms with Crippen LogP contribution in [-0.2, 0) is 0 Å². The minimum Gasteiger partial charge on any atom is -0.327 e. The molecule has 0 spiro atoms. The van der Waals surface area contributed by atoms with Crippen molar-refractivity contribution in [3.05, 3.63) is 34.1 Å². The number of rotatable bonds is 3. The van der Waals surface area contributed by atoms with Crippen LogP contribution >= 0.6 is 15.9 Å². The molecule has 106 valence electrons. The van der Waals surface area contributed by atoms with Crippen molar-refractivity contribution in [1.82, 2.24) is 4.90 Å². The smallest absolute Gasteiger partial charge is 0.137 e. The third kappa shape index (κ3) is 3.36. The molecular weight excluding hydrogens is 307 g/mol. The second-order valence-electron chi connectivity index (χ2n) is 5.47. The zero-order valence-corrected chi connectivity index (χ0v) is 13.2. The number of benzene rings is 1. The number of likely N-dealkylation sites (tertiary alicyclic amines) is 1. The highest BCUT2D eigenvalue weighted by molar-refractivity contribution is 9.10. The van der Waals surface area contributed by atoms with Crippen molar-refractivity contribution in [2.75, 3.05) is 13.1 Å². The van der Waals surface area contributed by atoms with Crippen LogP contribution in [0.4, 0.5) is 4.39 Å². The molecule has 19 heavy (non-hydrogen) atoms. The van der Waals surface area contributed by atoms with E-state index in [0.29, 0.717) is 22.5 Å². The molecule has 1 aromatic rings. The Morgan fingerprint density at radius 2 is 2.26 bits per heavy atom. The molecule has 0 radical (unpaired) electrons. The monoisotopic (exact) mass is 328 g/mol. The first-order valence-corrected chi connectivity index (χ1v) is 7.76. The van der Waals surface area contributed by atoms with Gasteiger partial charge in [0.05, 0.1) is 4.47 Å². The molecule has 2 nitrogen and oxygen atoms in total. The molecule has 1 fully saturated rings. The molecule has 3 atom stereocenters. The van der Waals surface area contributed by atoms with Gasteiger partial charge in [0.25, 0.3) is 0 Å². The summed E-state index contributed by atoms with van der Waals surface area (Å²) in [5.41, 5.74) is 7.30. The van der Waals surface area contributed by atoms with Crippen LogP contribution in [0.3, 0.4) is 0 Å². The van der Waals surface area contributed by atoms with Crippen LogP contribution in [0.25, 0.3) is 0 Å². The lowest BCUT2D eigenvalue weighted by Gasteiger charge is -2.40. The van der Waals surface area contributed by atoms with Crippen molar-refractivity contribution in [2.45, 2.75) is 38.8 Å². The van der Waals surface area contributed by atoms with Gasteiger partial charge >= 0.3 is 0 Å². The van der Waals surface area contributed by atoms with Gasteiger partial charge in [0.2, 0.25) is 0 Å². The first-order valence-electron chi connectivity index (χ1n) is 6.97. The van der Waals surface area contributed by atoms with Crippen molar-refractivity contribution in [3.63, 3.8) is 0 Å². The summed E-state index contributed by atoms with van der Waals surface area (Å²) < 4.78 is 13.8. The summed E-state index contributed by atoms with van der Waals surface area (Å²) in [6.07, 6.45) is 2.17. The summed E-state index contributed by atoms with van der Waals surface area (Å²) >= 11 is 3.26. The second kappa shape index (κ2) is 6.33. The summed E-state index contributed by atoms with van der Waals surface area (Å²) in [5, 5.41) is 0. The van der Waals surface area contributed by atoms with Crippen LogP contribution in [0.15, 0.2) is 22.7 Å². The molecule has 2 rings (SSSR count). The third-order valence-electron chi connectivity index (χ3n) is 4.32. The minimum absolute atomic E-state index is 0.206. The molecule has 3 unspecified atom stereocenters. The van der Waals surface area contributed by atoms with E-state index in [1.54, 1.807) is 0 Å². The quantitative estimate of drug-likeness (QED) is 0.916. The summed E-state index contributed by atoms with van der Waals surface area (Å²) in [5.74, 6) is 0.364. The highest BCUT2D eigenvalue weighted by Gasteiger charge is 2.28. The fourth-order valence-corrected chi connectivity index (χ4v) is 3.24. The van der Waals surface area contributed by atoms with Crippen LogP contribution in [-0.4, -0.2) is 24.0 Å². The highest BCUT2D eigenvalue weighted by atomic mass is 79.9. The molecule has 1 heterocycles. The largest absolute Gasteiger partial charge is 0.327 e. The van der Waals surface area contributed by atoms with Crippen LogP contribution in [0.2, 0.25) is 0 Å². The van der Waals surface area contributed by atoms with E-state index >= 15 is 0 Å². The van der Waals surface area contributed by atoms with Crippen molar-refractivity contribution < 1.29 is 4.39 Å². The Morgan fingerprint density at radius 3 is 2.89 bits per heavy atom. The second-order valence-corrected chi connectivity index (χ2v) is 6.32. The third-order valence-corrected chi connectivity index (χ3v) is 4.93. The van der Waals surface area contributed by atoms with Crippen LogP contribution in [0, 0.1) is 11.7 Å². The molecule has 2 N–H and O–H groups in total. The van der Waals surface area contributed by atoms with Crippen LogP contribution in [0.1, 0.15) is 38.3 Å². The van der Waals surface area contributed by atoms with Crippen LogP contribution < -0.4 is 5.73 Å². The fourth-order valence-electron chi connectivity index (χ4n) is 2.85. The topological polar surface area (TPSA) is 29.3 Å². The van der Waals surface area contributed by atoms with E-state index in [0.717, 1.165) is 31.5 Å². The van der Waals surface area contributed by atoms with Crippen molar-refractivity contribution >= 4 is 15.9 Å². The maximum absolute atomic E-state index is 13.3. The summed E-state index contributed by atoms with van der Waals surface area (Å²) in [4.78, 5) is 2.46. The van der Waals surface area contributed by atoms with Crippen molar-refractivity contribution in [2.24, 2.45) is 11.7 Å². The van der Waals surface area contributed by atoms with E-state index < -0.39 is 0 Å². The van der Waals surface area contributed by atoms with Gasteiger partial charge in [0, 0.05) is 25.2 Å². The molecule has 0 aliphatic carbocycles. The van der Waals surface area contributed by atoms with E-state index in [-0.39, 0.29) is 5.82 Å². The van der Waals surface area contributed by atoms with Crippen molar-refractivity contribution in [1.29, 1.82) is 0 Å². The van der Waals surface area contributed by atoms with Gasteiger partial charge in [-0.2, -0.15) is 0 Å². The SMILES string of the molecule is CCC1CN(C(C)c2ccc(F)c(Br)c2)CCC1N. The Morgan fingerprint density at radius 1 is 1.53 bits per heavy atom. The maximum atomic E-state index is 13.3. The van der Waals surface area contributed by atoms with E-state index in [4.69, 9.17) is 5.73 Å².